The lowest BCUT2D eigenvalue weighted by molar-refractivity contribution is -0.140. The molecule has 0 spiro atoms. The molecule has 0 bridgehead atoms. The van der Waals surface area contributed by atoms with Gasteiger partial charge in [-0.15, -0.1) is 0 Å². The van der Waals surface area contributed by atoms with Crippen molar-refractivity contribution in [2.45, 2.75) is 12.6 Å². The van der Waals surface area contributed by atoms with Gasteiger partial charge in [0.15, 0.2) is 11.5 Å². The summed E-state index contributed by atoms with van der Waals surface area (Å²) < 4.78 is 15.8. The summed E-state index contributed by atoms with van der Waals surface area (Å²) in [5.41, 5.74) is 1.73. The normalized spacial score (nSPS) is 17.0. The number of carbonyl (C=O) groups excluding carboxylic acids is 2. The van der Waals surface area contributed by atoms with E-state index in [2.05, 4.69) is 4.98 Å². The number of aliphatic hydroxyl groups excluding tert-OH is 1. The summed E-state index contributed by atoms with van der Waals surface area (Å²) in [6.45, 7) is 0.164. The van der Waals surface area contributed by atoms with Gasteiger partial charge in [-0.3, -0.25) is 14.6 Å². The van der Waals surface area contributed by atoms with E-state index in [0.717, 1.165) is 5.56 Å². The lowest BCUT2D eigenvalue weighted by atomic mass is 9.96. The molecule has 174 valence electrons. The first-order valence-corrected chi connectivity index (χ1v) is 10.5. The number of Topliss-reactive ketones (excluding diaryl/α,β-unsaturated/α-hetero) is 1. The number of hydrogen-bond acceptors (Lipinski definition) is 7. The number of amides is 1. The minimum Gasteiger partial charge on any atom is -0.507 e. The molecule has 1 amide bonds. The van der Waals surface area contributed by atoms with Crippen molar-refractivity contribution in [3.8, 4) is 17.2 Å². The van der Waals surface area contributed by atoms with E-state index in [4.69, 9.17) is 14.2 Å². The molecule has 1 N–H and O–H groups in total. The molecule has 1 aliphatic heterocycles. The Morgan fingerprint density at radius 1 is 0.971 bits per heavy atom. The maximum absolute atomic E-state index is 13.2. The van der Waals surface area contributed by atoms with Gasteiger partial charge in [-0.2, -0.15) is 0 Å². The summed E-state index contributed by atoms with van der Waals surface area (Å²) in [4.78, 5) is 31.9. The summed E-state index contributed by atoms with van der Waals surface area (Å²) in [6, 6.07) is 14.7. The number of ether oxygens (including phenoxy) is 3. The molecule has 2 heterocycles. The third-order valence-electron chi connectivity index (χ3n) is 5.71. The van der Waals surface area contributed by atoms with Crippen LogP contribution >= 0.6 is 0 Å². The van der Waals surface area contributed by atoms with Gasteiger partial charge in [0, 0.05) is 24.5 Å². The van der Waals surface area contributed by atoms with Crippen LogP contribution in [0.15, 0.2) is 72.6 Å². The van der Waals surface area contributed by atoms with E-state index >= 15 is 0 Å². The lowest BCUT2D eigenvalue weighted by Gasteiger charge is -2.25. The van der Waals surface area contributed by atoms with Gasteiger partial charge in [-0.05, 0) is 47.5 Å². The average molecular weight is 460 g/mol. The number of methoxy groups -OCH3 is 3. The number of benzene rings is 2. The van der Waals surface area contributed by atoms with E-state index in [0.29, 0.717) is 28.4 Å². The van der Waals surface area contributed by atoms with Crippen LogP contribution in [0.3, 0.4) is 0 Å². The van der Waals surface area contributed by atoms with Crippen LogP contribution in [-0.4, -0.2) is 48.0 Å². The minimum absolute atomic E-state index is 0.0151. The first-order chi connectivity index (χ1) is 16.5. The molecule has 3 aromatic rings. The number of nitrogens with zero attached hydrogens (tertiary/aromatic N) is 2. The van der Waals surface area contributed by atoms with E-state index in [1.54, 1.807) is 62.0 Å². The highest BCUT2D eigenvalue weighted by Gasteiger charge is 2.46. The predicted octanol–water partition coefficient (Wildman–Crippen LogP) is 3.73. The monoisotopic (exact) mass is 460 g/mol. The van der Waals surface area contributed by atoms with E-state index in [1.807, 2.05) is 12.1 Å². The molecule has 1 unspecified atom stereocenters. The highest BCUT2D eigenvalue weighted by molar-refractivity contribution is 6.46. The summed E-state index contributed by atoms with van der Waals surface area (Å²) in [6.07, 6.45) is 3.19. The fourth-order valence-electron chi connectivity index (χ4n) is 3.99. The molecule has 34 heavy (non-hydrogen) atoms. The number of aromatic nitrogens is 1. The molecule has 8 nitrogen and oxygen atoms in total. The van der Waals surface area contributed by atoms with Crippen LogP contribution in [0.25, 0.3) is 5.76 Å². The van der Waals surface area contributed by atoms with E-state index in [9.17, 15) is 14.7 Å². The minimum atomic E-state index is -0.816. The Balaban J connectivity index is 1.82. The highest BCUT2D eigenvalue weighted by atomic mass is 16.5. The van der Waals surface area contributed by atoms with Crippen molar-refractivity contribution in [2.24, 2.45) is 0 Å². The molecule has 8 heteroatoms. The van der Waals surface area contributed by atoms with E-state index in [1.165, 1.54) is 19.1 Å². The molecule has 1 atom stereocenters. The molecule has 0 aliphatic carbocycles. The van der Waals surface area contributed by atoms with Gasteiger partial charge >= 0.3 is 0 Å². The molecule has 2 aromatic carbocycles. The quantitative estimate of drug-likeness (QED) is 0.326. The molecule has 0 saturated carbocycles. The van der Waals surface area contributed by atoms with E-state index in [-0.39, 0.29) is 17.9 Å². The van der Waals surface area contributed by atoms with Gasteiger partial charge in [-0.25, -0.2) is 0 Å². The zero-order valence-electron chi connectivity index (χ0n) is 19.0. The van der Waals surface area contributed by atoms with Crippen LogP contribution in [0.4, 0.5) is 0 Å². The number of aliphatic hydroxyl groups is 1. The Morgan fingerprint density at radius 2 is 1.71 bits per heavy atom. The van der Waals surface area contributed by atoms with Gasteiger partial charge in [0.05, 0.1) is 32.9 Å². The zero-order chi connectivity index (χ0) is 24.2. The molecule has 1 fully saturated rings. The maximum Gasteiger partial charge on any atom is 0.295 e. The number of carbonyl (C=O) groups is 2. The second kappa shape index (κ2) is 9.66. The lowest BCUT2D eigenvalue weighted by Crippen LogP contribution is -2.29. The Hall–Kier alpha value is -4.33. The first kappa shape index (κ1) is 22.8. The van der Waals surface area contributed by atoms with Crippen molar-refractivity contribution in [1.29, 1.82) is 0 Å². The Morgan fingerprint density at radius 3 is 2.32 bits per heavy atom. The van der Waals surface area contributed by atoms with Crippen molar-refractivity contribution >= 4 is 17.4 Å². The topological polar surface area (TPSA) is 98.2 Å². The standard InChI is InChI=1S/C26H24N2O6/c1-32-19-9-6-16(7-10-19)15-28-23(18-5-4-12-27-14-18)22(25(30)26(28)31)24(29)17-8-11-20(33-2)21(13-17)34-3/h4-14,23,29H,15H2,1-3H3/b24-22-. The van der Waals surface area contributed by atoms with Crippen LogP contribution in [0.1, 0.15) is 22.7 Å². The smallest absolute Gasteiger partial charge is 0.295 e. The van der Waals surface area contributed by atoms with Gasteiger partial charge in [0.2, 0.25) is 0 Å². The second-order valence-electron chi connectivity index (χ2n) is 7.63. The van der Waals surface area contributed by atoms with Crippen LogP contribution in [-0.2, 0) is 16.1 Å². The van der Waals surface area contributed by atoms with E-state index < -0.39 is 17.7 Å². The number of likely N-dealkylation sites (tertiary alicyclic amines) is 1. The first-order valence-electron chi connectivity index (χ1n) is 10.5. The summed E-state index contributed by atoms with van der Waals surface area (Å²) in [5, 5.41) is 11.2. The van der Waals surface area contributed by atoms with Gasteiger partial charge in [0.25, 0.3) is 11.7 Å². The number of pyridine rings is 1. The maximum atomic E-state index is 13.2. The van der Waals surface area contributed by atoms with Crippen molar-refractivity contribution in [3.63, 3.8) is 0 Å². The second-order valence-corrected chi connectivity index (χ2v) is 7.63. The van der Waals surface area contributed by atoms with Crippen molar-refractivity contribution < 1.29 is 28.9 Å². The number of ketones is 1. The van der Waals surface area contributed by atoms with Crippen LogP contribution in [0.5, 0.6) is 17.2 Å². The predicted molar refractivity (Wildman–Crippen MR) is 125 cm³/mol. The average Bonchev–Trinajstić information content (AvgIpc) is 3.13. The van der Waals surface area contributed by atoms with Gasteiger partial charge < -0.3 is 24.2 Å². The van der Waals surface area contributed by atoms with Crippen LogP contribution < -0.4 is 14.2 Å². The van der Waals surface area contributed by atoms with Gasteiger partial charge in [0.1, 0.15) is 11.5 Å². The summed E-state index contributed by atoms with van der Waals surface area (Å²) in [5.74, 6) is -0.227. The van der Waals surface area contributed by atoms with Crippen LogP contribution in [0.2, 0.25) is 0 Å². The third-order valence-corrected chi connectivity index (χ3v) is 5.71. The van der Waals surface area contributed by atoms with Crippen molar-refractivity contribution in [2.75, 3.05) is 21.3 Å². The fraction of sp³-hybridized carbons (Fsp3) is 0.192. The Kier molecular flexibility index (Phi) is 6.49. The summed E-state index contributed by atoms with van der Waals surface area (Å²) >= 11 is 0. The van der Waals surface area contributed by atoms with Crippen molar-refractivity contribution in [1.82, 2.24) is 9.88 Å². The zero-order valence-corrected chi connectivity index (χ0v) is 19.0. The molecular weight excluding hydrogens is 436 g/mol. The fourth-order valence-corrected chi connectivity index (χ4v) is 3.99. The van der Waals surface area contributed by atoms with Crippen molar-refractivity contribution in [3.05, 3.63) is 89.3 Å². The summed E-state index contributed by atoms with van der Waals surface area (Å²) in [7, 11) is 4.56. The molecular formula is C26H24N2O6. The number of hydrogen-bond donors (Lipinski definition) is 1. The Labute approximate surface area is 197 Å². The molecule has 0 radical (unpaired) electrons. The molecule has 1 aliphatic rings. The molecule has 4 rings (SSSR count). The highest BCUT2D eigenvalue weighted by Crippen LogP contribution is 2.41. The third kappa shape index (κ3) is 4.17. The molecule has 1 saturated heterocycles. The van der Waals surface area contributed by atoms with Gasteiger partial charge in [-0.1, -0.05) is 18.2 Å². The SMILES string of the molecule is COc1ccc(CN2C(=O)C(=O)/C(=C(\O)c3ccc(OC)c(OC)c3)C2c2cccnc2)cc1. The Bertz CT molecular complexity index is 1240. The van der Waals surface area contributed by atoms with Crippen LogP contribution in [0, 0.1) is 0 Å². The largest absolute Gasteiger partial charge is 0.507 e. The molecule has 1 aromatic heterocycles. The number of rotatable bonds is 7.